The van der Waals surface area contributed by atoms with Crippen molar-refractivity contribution >= 4 is 17.5 Å². The third kappa shape index (κ3) is 6.41. The normalized spacial score (nSPS) is 11.8. The lowest BCUT2D eigenvalue weighted by Gasteiger charge is -2.16. The fourth-order valence-electron chi connectivity index (χ4n) is 2.66. The number of amides is 2. The molecule has 2 rings (SSSR count). The minimum Gasteiger partial charge on any atom is -0.481 e. The molecule has 150 valence electrons. The molecule has 0 radical (unpaired) electrons. The molecule has 0 bridgehead atoms. The van der Waals surface area contributed by atoms with E-state index in [4.69, 9.17) is 4.74 Å². The van der Waals surface area contributed by atoms with Crippen LogP contribution in [0.1, 0.15) is 44.2 Å². The molecule has 0 fully saturated rings. The predicted octanol–water partition coefficient (Wildman–Crippen LogP) is 4.24. The van der Waals surface area contributed by atoms with Crippen LogP contribution in [0.4, 0.5) is 5.69 Å². The summed E-state index contributed by atoms with van der Waals surface area (Å²) in [4.78, 5) is 25.6. The molecule has 2 aromatic rings. The molecule has 2 aromatic carbocycles. The largest absolute Gasteiger partial charge is 0.481 e. The van der Waals surface area contributed by atoms with Crippen molar-refractivity contribution in [3.63, 3.8) is 0 Å². The number of ether oxygens (including phenoxy) is 1. The lowest BCUT2D eigenvalue weighted by molar-refractivity contribution is -0.128. The van der Waals surface area contributed by atoms with Crippen LogP contribution in [0.3, 0.4) is 0 Å². The Morgan fingerprint density at radius 2 is 1.57 bits per heavy atom. The highest BCUT2D eigenvalue weighted by Crippen LogP contribution is 2.20. The van der Waals surface area contributed by atoms with Crippen LogP contribution in [0.5, 0.6) is 5.75 Å². The molecule has 0 saturated carbocycles. The number of carbonyl (C=O) groups is 2. The number of nitrogens with zero attached hydrogens (tertiary/aromatic N) is 1. The maximum absolute atomic E-state index is 12.4. The molecule has 0 aliphatic heterocycles. The molecular weight excluding hydrogens is 352 g/mol. The van der Waals surface area contributed by atoms with Gasteiger partial charge in [-0.05, 0) is 54.7 Å². The van der Waals surface area contributed by atoms with Crippen LogP contribution in [-0.2, 0) is 16.0 Å². The molecule has 28 heavy (non-hydrogen) atoms. The van der Waals surface area contributed by atoms with Gasteiger partial charge >= 0.3 is 0 Å². The first-order chi connectivity index (χ1) is 13.3. The molecule has 0 spiro atoms. The van der Waals surface area contributed by atoms with Crippen LogP contribution in [0.2, 0.25) is 0 Å². The lowest BCUT2D eigenvalue weighted by atomic mass is 10.0. The third-order valence-corrected chi connectivity index (χ3v) is 4.58. The second-order valence-electron chi connectivity index (χ2n) is 7.46. The van der Waals surface area contributed by atoms with Gasteiger partial charge in [0, 0.05) is 26.2 Å². The molecule has 0 aliphatic rings. The molecule has 2 amide bonds. The topological polar surface area (TPSA) is 58.6 Å². The summed E-state index contributed by atoms with van der Waals surface area (Å²) in [5.74, 6) is 1.03. The molecule has 0 aliphatic carbocycles. The van der Waals surface area contributed by atoms with E-state index < -0.39 is 6.10 Å². The van der Waals surface area contributed by atoms with E-state index in [-0.39, 0.29) is 11.8 Å². The number of carbonyl (C=O) groups excluding carboxylic acids is 2. The number of hydrogen-bond donors (Lipinski definition) is 1. The second-order valence-corrected chi connectivity index (χ2v) is 7.46. The van der Waals surface area contributed by atoms with E-state index in [1.54, 1.807) is 25.9 Å². The van der Waals surface area contributed by atoms with Gasteiger partial charge in [-0.1, -0.05) is 38.1 Å². The van der Waals surface area contributed by atoms with E-state index in [0.29, 0.717) is 30.2 Å². The SMILES string of the molecule is CC(Oc1ccc(C(C)C)cc1)C(=O)Nc1ccc(CCC(=O)N(C)C)cc1. The summed E-state index contributed by atoms with van der Waals surface area (Å²) < 4.78 is 5.74. The molecule has 0 aromatic heterocycles. The van der Waals surface area contributed by atoms with Crippen LogP contribution in [0.25, 0.3) is 0 Å². The first-order valence-electron chi connectivity index (χ1n) is 9.63. The van der Waals surface area contributed by atoms with Gasteiger partial charge in [-0.2, -0.15) is 0 Å². The first kappa shape index (κ1) is 21.5. The number of benzene rings is 2. The standard InChI is InChI=1S/C23H30N2O3/c1-16(2)19-9-13-21(14-10-19)28-17(3)23(27)24-20-11-6-18(7-12-20)8-15-22(26)25(4)5/h6-7,9-14,16-17H,8,15H2,1-5H3,(H,24,27). The Morgan fingerprint density at radius 1 is 0.964 bits per heavy atom. The highest BCUT2D eigenvalue weighted by Gasteiger charge is 2.15. The van der Waals surface area contributed by atoms with Crippen LogP contribution < -0.4 is 10.1 Å². The number of hydrogen-bond acceptors (Lipinski definition) is 3. The van der Waals surface area contributed by atoms with Crippen molar-refractivity contribution in [1.82, 2.24) is 4.90 Å². The summed E-state index contributed by atoms with van der Waals surface area (Å²) in [7, 11) is 3.51. The van der Waals surface area contributed by atoms with Crippen LogP contribution in [0, 0.1) is 0 Å². The Morgan fingerprint density at radius 3 is 2.11 bits per heavy atom. The quantitative estimate of drug-likeness (QED) is 0.743. The smallest absolute Gasteiger partial charge is 0.265 e. The summed E-state index contributed by atoms with van der Waals surface area (Å²) in [5, 5.41) is 2.86. The van der Waals surface area contributed by atoms with Gasteiger partial charge in [0.1, 0.15) is 5.75 Å². The maximum Gasteiger partial charge on any atom is 0.265 e. The molecule has 0 saturated heterocycles. The van der Waals surface area contributed by atoms with Crippen molar-refractivity contribution in [2.45, 2.75) is 45.6 Å². The average molecular weight is 383 g/mol. The van der Waals surface area contributed by atoms with Crippen LogP contribution in [-0.4, -0.2) is 36.9 Å². The molecule has 1 atom stereocenters. The van der Waals surface area contributed by atoms with Gasteiger partial charge in [0.05, 0.1) is 0 Å². The molecule has 5 nitrogen and oxygen atoms in total. The van der Waals surface area contributed by atoms with Gasteiger partial charge in [0.25, 0.3) is 5.91 Å². The van der Waals surface area contributed by atoms with Gasteiger partial charge in [0.2, 0.25) is 5.91 Å². The van der Waals surface area contributed by atoms with E-state index in [9.17, 15) is 9.59 Å². The third-order valence-electron chi connectivity index (χ3n) is 4.58. The van der Waals surface area contributed by atoms with E-state index in [1.807, 2.05) is 48.5 Å². The summed E-state index contributed by atoms with van der Waals surface area (Å²) in [6.07, 6.45) is 0.540. The number of anilines is 1. The van der Waals surface area contributed by atoms with Crippen molar-refractivity contribution < 1.29 is 14.3 Å². The Balaban J connectivity index is 1.86. The van der Waals surface area contributed by atoms with E-state index in [2.05, 4.69) is 19.2 Å². The maximum atomic E-state index is 12.4. The van der Waals surface area contributed by atoms with E-state index >= 15 is 0 Å². The van der Waals surface area contributed by atoms with Crippen molar-refractivity contribution in [3.8, 4) is 5.75 Å². The fraction of sp³-hybridized carbons (Fsp3) is 0.391. The molecule has 5 heteroatoms. The Bertz CT molecular complexity index is 780. The van der Waals surface area contributed by atoms with Gasteiger partial charge in [0.15, 0.2) is 6.10 Å². The minimum atomic E-state index is -0.609. The first-order valence-corrected chi connectivity index (χ1v) is 9.63. The molecule has 1 unspecified atom stereocenters. The average Bonchev–Trinajstić information content (AvgIpc) is 2.67. The zero-order chi connectivity index (χ0) is 20.7. The second kappa shape index (κ2) is 9.93. The molecular formula is C23H30N2O3. The number of nitrogens with one attached hydrogen (secondary N) is 1. The Hall–Kier alpha value is -2.82. The van der Waals surface area contributed by atoms with Gasteiger partial charge < -0.3 is 15.0 Å². The lowest BCUT2D eigenvalue weighted by Crippen LogP contribution is -2.30. The monoisotopic (exact) mass is 382 g/mol. The van der Waals surface area contributed by atoms with E-state index in [1.165, 1.54) is 5.56 Å². The Labute approximate surface area is 167 Å². The number of rotatable bonds is 8. The van der Waals surface area contributed by atoms with Crippen LogP contribution >= 0.6 is 0 Å². The highest BCUT2D eigenvalue weighted by atomic mass is 16.5. The molecule has 1 N–H and O–H groups in total. The molecule has 0 heterocycles. The summed E-state index contributed by atoms with van der Waals surface area (Å²) in [5.41, 5.74) is 3.00. The minimum absolute atomic E-state index is 0.102. The van der Waals surface area contributed by atoms with Crippen molar-refractivity contribution in [2.24, 2.45) is 0 Å². The fourth-order valence-corrected chi connectivity index (χ4v) is 2.66. The number of aryl methyl sites for hydroxylation is 1. The van der Waals surface area contributed by atoms with Gasteiger partial charge in [-0.3, -0.25) is 9.59 Å². The van der Waals surface area contributed by atoms with Crippen molar-refractivity contribution in [2.75, 3.05) is 19.4 Å². The zero-order valence-electron chi connectivity index (χ0n) is 17.4. The van der Waals surface area contributed by atoms with E-state index in [0.717, 1.165) is 5.56 Å². The van der Waals surface area contributed by atoms with Crippen LogP contribution in [0.15, 0.2) is 48.5 Å². The predicted molar refractivity (Wildman–Crippen MR) is 113 cm³/mol. The van der Waals surface area contributed by atoms with Gasteiger partial charge in [-0.15, -0.1) is 0 Å². The summed E-state index contributed by atoms with van der Waals surface area (Å²) in [6.45, 7) is 6.00. The van der Waals surface area contributed by atoms with Crippen molar-refractivity contribution in [1.29, 1.82) is 0 Å². The zero-order valence-corrected chi connectivity index (χ0v) is 17.4. The summed E-state index contributed by atoms with van der Waals surface area (Å²) >= 11 is 0. The Kier molecular flexibility index (Phi) is 7.61. The van der Waals surface area contributed by atoms with Crippen molar-refractivity contribution in [3.05, 3.63) is 59.7 Å². The van der Waals surface area contributed by atoms with Gasteiger partial charge in [-0.25, -0.2) is 0 Å². The highest BCUT2D eigenvalue weighted by molar-refractivity contribution is 5.94. The summed E-state index contributed by atoms with van der Waals surface area (Å²) in [6, 6.07) is 15.4.